The van der Waals surface area contributed by atoms with Crippen molar-refractivity contribution in [1.29, 1.82) is 0 Å². The van der Waals surface area contributed by atoms with Gasteiger partial charge in [-0.3, -0.25) is 14.6 Å². The van der Waals surface area contributed by atoms with Crippen LogP contribution in [0, 0.1) is 16.7 Å². The third-order valence-electron chi connectivity index (χ3n) is 8.84. The monoisotopic (exact) mass is 581 g/mol. The smallest absolute Gasteiger partial charge is 0.412 e. The second kappa shape index (κ2) is 11.8. The topological polar surface area (TPSA) is 110 Å². The fourth-order valence-electron chi connectivity index (χ4n) is 6.18. The number of cyclic esters (lactones) is 1. The summed E-state index contributed by atoms with van der Waals surface area (Å²) in [5.74, 6) is -0.207. The van der Waals surface area contributed by atoms with Crippen molar-refractivity contribution in [2.45, 2.75) is 25.1 Å². The number of nitrogens with one attached hydrogen (secondary N) is 1. The van der Waals surface area contributed by atoms with Gasteiger partial charge >= 0.3 is 12.3 Å². The summed E-state index contributed by atoms with van der Waals surface area (Å²) in [7, 11) is 1.74. The Hall–Kier alpha value is -2.87. The standard InChI is InChI=1S/C28H38F3N5O5/c1-33-10-21(9-32)24(37)35-11-22(12-39-19-36-23(13-41-25(36)38)20-5-3-2-4-6-20)26(16-35)14-34(15-26)18-40-17-27(7-8-27)28(29,30)31/h2-6,9,22-23,33H,7-8,10-19,32H2,1H3/b21-9+/t22-,23-/m0/s1. The van der Waals surface area contributed by atoms with Crippen LogP contribution in [0.5, 0.6) is 0 Å². The summed E-state index contributed by atoms with van der Waals surface area (Å²) in [6, 6.07) is 9.34. The molecule has 13 heteroatoms. The SMILES string of the molecule is CNC/C(=C\N)C(=O)N1C[C@@H](COCN2C(=O)OC[C@H]2c2ccccc2)C2(CN(COCC3(C(F)(F)F)CC3)C2)C1. The summed E-state index contributed by atoms with van der Waals surface area (Å²) >= 11 is 0. The molecule has 2 atom stereocenters. The lowest BCUT2D eigenvalue weighted by molar-refractivity contribution is -0.209. The summed E-state index contributed by atoms with van der Waals surface area (Å²) < 4.78 is 56.6. The Morgan fingerprint density at radius 3 is 2.54 bits per heavy atom. The Morgan fingerprint density at radius 1 is 1.17 bits per heavy atom. The number of hydrogen-bond donors (Lipinski definition) is 2. The molecule has 41 heavy (non-hydrogen) atoms. The molecule has 4 aliphatic rings. The number of likely N-dealkylation sites (tertiary alicyclic amines) is 2. The minimum absolute atomic E-state index is 0.0407. The summed E-state index contributed by atoms with van der Waals surface area (Å²) in [6.45, 7) is 2.73. The molecule has 5 rings (SSSR count). The molecule has 1 saturated carbocycles. The van der Waals surface area contributed by atoms with Crippen LogP contribution in [-0.4, -0.2) is 106 Å². The normalized spacial score (nSPS) is 25.5. The number of likely N-dealkylation sites (N-methyl/N-ethyl adjacent to an activating group) is 1. The molecule has 3 N–H and O–H groups in total. The Bertz CT molecular complexity index is 1120. The maximum Gasteiger partial charge on any atom is 0.412 e. The van der Waals surface area contributed by atoms with Gasteiger partial charge in [-0.05, 0) is 25.5 Å². The lowest BCUT2D eigenvalue weighted by atomic mass is 9.72. The van der Waals surface area contributed by atoms with Crippen LogP contribution < -0.4 is 11.1 Å². The molecule has 0 aromatic heterocycles. The molecule has 1 spiro atoms. The number of nitrogens with two attached hydrogens (primary N) is 1. The van der Waals surface area contributed by atoms with Crippen LogP contribution in [0.15, 0.2) is 42.1 Å². The summed E-state index contributed by atoms with van der Waals surface area (Å²) in [6.07, 6.45) is -3.17. The molecule has 2 amide bonds. The number of carbonyl (C=O) groups is 2. The van der Waals surface area contributed by atoms with Gasteiger partial charge < -0.3 is 30.2 Å². The Balaban J connectivity index is 1.20. The van der Waals surface area contributed by atoms with Crippen molar-refractivity contribution < 1.29 is 37.0 Å². The molecule has 226 valence electrons. The van der Waals surface area contributed by atoms with Gasteiger partial charge in [0.05, 0.1) is 31.4 Å². The molecule has 1 aromatic carbocycles. The van der Waals surface area contributed by atoms with Gasteiger partial charge in [0.1, 0.15) is 13.3 Å². The number of benzene rings is 1. The molecule has 3 saturated heterocycles. The number of carbonyl (C=O) groups excluding carboxylic acids is 2. The number of rotatable bonds is 12. The lowest BCUT2D eigenvalue weighted by Gasteiger charge is -2.50. The van der Waals surface area contributed by atoms with Gasteiger partial charge in [-0.2, -0.15) is 13.2 Å². The van der Waals surface area contributed by atoms with E-state index < -0.39 is 17.7 Å². The number of amides is 2. The molecule has 3 aliphatic heterocycles. The Kier molecular flexibility index (Phi) is 8.51. The van der Waals surface area contributed by atoms with Crippen LogP contribution in [0.3, 0.4) is 0 Å². The van der Waals surface area contributed by atoms with Gasteiger partial charge in [-0.1, -0.05) is 30.3 Å². The van der Waals surface area contributed by atoms with Crippen molar-refractivity contribution in [2.24, 2.45) is 22.5 Å². The molecule has 0 unspecified atom stereocenters. The highest BCUT2D eigenvalue weighted by Crippen LogP contribution is 2.57. The van der Waals surface area contributed by atoms with Gasteiger partial charge in [0.25, 0.3) is 5.91 Å². The van der Waals surface area contributed by atoms with E-state index in [0.29, 0.717) is 44.9 Å². The van der Waals surface area contributed by atoms with E-state index in [4.69, 9.17) is 19.9 Å². The molecule has 1 aromatic rings. The minimum atomic E-state index is -4.25. The first-order valence-corrected chi connectivity index (χ1v) is 13.9. The van der Waals surface area contributed by atoms with Gasteiger partial charge in [0.15, 0.2) is 0 Å². The Labute approximate surface area is 237 Å². The van der Waals surface area contributed by atoms with E-state index in [1.807, 2.05) is 35.2 Å². The first kappa shape index (κ1) is 29.6. The van der Waals surface area contributed by atoms with Crippen LogP contribution >= 0.6 is 0 Å². The van der Waals surface area contributed by atoms with Crippen LogP contribution in [0.4, 0.5) is 18.0 Å². The van der Waals surface area contributed by atoms with E-state index in [2.05, 4.69) is 5.32 Å². The van der Waals surface area contributed by atoms with Crippen molar-refractivity contribution >= 4 is 12.0 Å². The maximum atomic E-state index is 13.3. The number of ether oxygens (including phenoxy) is 3. The summed E-state index contributed by atoms with van der Waals surface area (Å²) in [5, 5.41) is 2.95. The summed E-state index contributed by atoms with van der Waals surface area (Å²) in [4.78, 5) is 30.9. The van der Waals surface area contributed by atoms with Crippen molar-refractivity contribution in [3.8, 4) is 0 Å². The number of alkyl halides is 3. The van der Waals surface area contributed by atoms with Gasteiger partial charge in [0.2, 0.25) is 0 Å². The number of hydrogen-bond acceptors (Lipinski definition) is 8. The molecular weight excluding hydrogens is 543 g/mol. The number of nitrogens with zero attached hydrogens (tertiary/aromatic N) is 3. The fourth-order valence-corrected chi connectivity index (χ4v) is 6.18. The van der Waals surface area contributed by atoms with Gasteiger partial charge in [0, 0.05) is 55.8 Å². The lowest BCUT2D eigenvalue weighted by Crippen LogP contribution is -2.61. The third kappa shape index (κ3) is 6.04. The van der Waals surface area contributed by atoms with E-state index in [9.17, 15) is 22.8 Å². The largest absolute Gasteiger partial charge is 0.447 e. The van der Waals surface area contributed by atoms with Crippen molar-refractivity contribution in [3.05, 3.63) is 47.7 Å². The predicted molar refractivity (Wildman–Crippen MR) is 142 cm³/mol. The highest BCUT2D eigenvalue weighted by Gasteiger charge is 2.63. The second-order valence-corrected chi connectivity index (χ2v) is 11.7. The predicted octanol–water partition coefficient (Wildman–Crippen LogP) is 2.29. The van der Waals surface area contributed by atoms with Crippen LogP contribution in [-0.2, 0) is 19.0 Å². The number of halogens is 3. The molecule has 0 radical (unpaired) electrons. The third-order valence-corrected chi connectivity index (χ3v) is 8.84. The van der Waals surface area contributed by atoms with Crippen molar-refractivity contribution in [3.63, 3.8) is 0 Å². The molecule has 3 heterocycles. The van der Waals surface area contributed by atoms with Crippen LogP contribution in [0.1, 0.15) is 24.4 Å². The van der Waals surface area contributed by atoms with Gasteiger partial charge in [-0.25, -0.2) is 4.79 Å². The zero-order valence-electron chi connectivity index (χ0n) is 23.2. The highest BCUT2D eigenvalue weighted by atomic mass is 19.4. The quantitative estimate of drug-likeness (QED) is 0.362. The minimum Gasteiger partial charge on any atom is -0.447 e. The van der Waals surface area contributed by atoms with E-state index in [1.54, 1.807) is 16.8 Å². The van der Waals surface area contributed by atoms with E-state index in [1.165, 1.54) is 6.20 Å². The molecule has 1 aliphatic carbocycles. The zero-order chi connectivity index (χ0) is 29.3. The first-order chi connectivity index (χ1) is 19.6. The van der Waals surface area contributed by atoms with E-state index in [-0.39, 0.29) is 62.8 Å². The molecule has 10 nitrogen and oxygen atoms in total. The van der Waals surface area contributed by atoms with Crippen LogP contribution in [0.2, 0.25) is 0 Å². The maximum absolute atomic E-state index is 13.3. The molecule has 4 fully saturated rings. The van der Waals surface area contributed by atoms with Crippen molar-refractivity contribution in [1.82, 2.24) is 20.0 Å². The second-order valence-electron chi connectivity index (χ2n) is 11.7. The van der Waals surface area contributed by atoms with Crippen LogP contribution in [0.25, 0.3) is 0 Å². The summed E-state index contributed by atoms with van der Waals surface area (Å²) in [5.41, 5.74) is 5.13. The molecular formula is C28H38F3N5O5. The first-order valence-electron chi connectivity index (χ1n) is 13.9. The van der Waals surface area contributed by atoms with Crippen molar-refractivity contribution in [2.75, 3.05) is 73.1 Å². The van der Waals surface area contributed by atoms with Gasteiger partial charge in [-0.15, -0.1) is 0 Å². The zero-order valence-corrected chi connectivity index (χ0v) is 23.2. The average molecular weight is 582 g/mol. The molecule has 0 bridgehead atoms. The Morgan fingerprint density at radius 2 is 1.90 bits per heavy atom. The average Bonchev–Trinajstić information content (AvgIpc) is 3.52. The van der Waals surface area contributed by atoms with E-state index in [0.717, 1.165) is 5.56 Å². The fraction of sp³-hybridized carbons (Fsp3) is 0.643. The van der Waals surface area contributed by atoms with E-state index >= 15 is 0 Å². The highest BCUT2D eigenvalue weighted by molar-refractivity contribution is 5.94.